The van der Waals surface area contributed by atoms with Crippen molar-refractivity contribution < 1.29 is 14.5 Å². The number of aryl methyl sites for hydroxylation is 1. The zero-order valence-corrected chi connectivity index (χ0v) is 15.5. The van der Waals surface area contributed by atoms with Gasteiger partial charge in [-0.3, -0.25) is 14.9 Å². The van der Waals surface area contributed by atoms with Gasteiger partial charge in [-0.25, -0.2) is 0 Å². The van der Waals surface area contributed by atoms with Crippen LogP contribution in [0.25, 0.3) is 0 Å². The molecular formula is C20H23N3O4. The van der Waals surface area contributed by atoms with Crippen molar-refractivity contribution in [1.29, 1.82) is 0 Å². The molecule has 1 N–H and O–H groups in total. The smallest absolute Gasteiger partial charge is 0.293 e. The van der Waals surface area contributed by atoms with E-state index in [2.05, 4.69) is 5.32 Å². The van der Waals surface area contributed by atoms with E-state index in [4.69, 9.17) is 4.74 Å². The second-order valence-corrected chi connectivity index (χ2v) is 6.61. The highest BCUT2D eigenvalue weighted by Crippen LogP contribution is 2.30. The van der Waals surface area contributed by atoms with Gasteiger partial charge in [-0.15, -0.1) is 0 Å². The Balaban J connectivity index is 1.81. The van der Waals surface area contributed by atoms with Gasteiger partial charge in [-0.05, 0) is 37.1 Å². The fourth-order valence-corrected chi connectivity index (χ4v) is 3.31. The van der Waals surface area contributed by atoms with Gasteiger partial charge >= 0.3 is 0 Å². The number of ether oxygens (including phenoxy) is 1. The van der Waals surface area contributed by atoms with Gasteiger partial charge < -0.3 is 15.0 Å². The fraction of sp³-hybridized carbons (Fsp3) is 0.350. The molecule has 1 fully saturated rings. The third kappa shape index (κ3) is 4.25. The number of morpholine rings is 1. The average molecular weight is 369 g/mol. The molecule has 142 valence electrons. The Morgan fingerprint density at radius 1 is 1.22 bits per heavy atom. The Bertz CT molecular complexity index is 847. The number of hydrogen-bond donors (Lipinski definition) is 1. The molecule has 0 aliphatic carbocycles. The first-order valence-electron chi connectivity index (χ1n) is 8.95. The van der Waals surface area contributed by atoms with Gasteiger partial charge in [0.15, 0.2) is 0 Å². The van der Waals surface area contributed by atoms with Gasteiger partial charge in [0, 0.05) is 24.7 Å². The Morgan fingerprint density at radius 2 is 1.93 bits per heavy atom. The molecular weight excluding hydrogens is 346 g/mol. The van der Waals surface area contributed by atoms with Gasteiger partial charge in [-0.2, -0.15) is 0 Å². The van der Waals surface area contributed by atoms with Crippen LogP contribution in [0.3, 0.4) is 0 Å². The molecule has 0 saturated carbocycles. The number of carbonyl (C=O) groups is 1. The molecule has 7 heteroatoms. The predicted octanol–water partition coefficient (Wildman–Crippen LogP) is 3.23. The number of nitrogens with zero attached hydrogens (tertiary/aromatic N) is 2. The molecule has 2 aromatic carbocycles. The molecule has 0 radical (unpaired) electrons. The number of hydrogen-bond acceptors (Lipinski definition) is 5. The van der Waals surface area contributed by atoms with Crippen LogP contribution >= 0.6 is 0 Å². The van der Waals surface area contributed by atoms with E-state index >= 15 is 0 Å². The minimum absolute atomic E-state index is 0.0619. The summed E-state index contributed by atoms with van der Waals surface area (Å²) in [4.78, 5) is 25.7. The lowest BCUT2D eigenvalue weighted by atomic mass is 10.0. The maximum atomic E-state index is 12.6. The summed E-state index contributed by atoms with van der Waals surface area (Å²) in [6.07, 6.45) is 0. The van der Waals surface area contributed by atoms with Crippen LogP contribution < -0.4 is 10.2 Å². The standard InChI is InChI=1S/C20H23N3O4/c1-14-5-3-4-6-17(14)15(2)21-20(24)16-7-8-18(19(13-16)23(25)26)22-9-11-27-12-10-22/h3-8,13,15H,9-12H2,1-2H3,(H,21,24). The van der Waals surface area contributed by atoms with E-state index in [1.807, 2.05) is 43.0 Å². The average Bonchev–Trinajstić information content (AvgIpc) is 2.68. The molecule has 1 atom stereocenters. The molecule has 7 nitrogen and oxygen atoms in total. The largest absolute Gasteiger partial charge is 0.378 e. The summed E-state index contributed by atoms with van der Waals surface area (Å²) < 4.78 is 5.30. The Kier molecular flexibility index (Phi) is 5.71. The molecule has 0 bridgehead atoms. The summed E-state index contributed by atoms with van der Waals surface area (Å²) >= 11 is 0. The van der Waals surface area contributed by atoms with Crippen LogP contribution in [0.2, 0.25) is 0 Å². The lowest BCUT2D eigenvalue weighted by molar-refractivity contribution is -0.384. The summed E-state index contributed by atoms with van der Waals surface area (Å²) in [5.41, 5.74) is 2.84. The molecule has 1 heterocycles. The molecule has 2 aromatic rings. The Hall–Kier alpha value is -2.93. The lowest BCUT2D eigenvalue weighted by Gasteiger charge is -2.28. The first kappa shape index (κ1) is 18.8. The molecule has 1 amide bonds. The van der Waals surface area contributed by atoms with Crippen molar-refractivity contribution in [2.24, 2.45) is 0 Å². The monoisotopic (exact) mass is 369 g/mol. The minimum Gasteiger partial charge on any atom is -0.378 e. The quantitative estimate of drug-likeness (QED) is 0.646. The van der Waals surface area contributed by atoms with Crippen LogP contribution in [-0.2, 0) is 4.74 Å². The van der Waals surface area contributed by atoms with Crippen molar-refractivity contribution in [3.8, 4) is 0 Å². The number of carbonyl (C=O) groups excluding carboxylic acids is 1. The van der Waals surface area contributed by atoms with Gasteiger partial charge in [0.05, 0.1) is 24.2 Å². The van der Waals surface area contributed by atoms with Crippen molar-refractivity contribution in [2.75, 3.05) is 31.2 Å². The van der Waals surface area contributed by atoms with E-state index < -0.39 is 4.92 Å². The maximum Gasteiger partial charge on any atom is 0.293 e. The first-order valence-corrected chi connectivity index (χ1v) is 8.95. The fourth-order valence-electron chi connectivity index (χ4n) is 3.31. The van der Waals surface area contributed by atoms with E-state index in [-0.39, 0.29) is 23.2 Å². The highest BCUT2D eigenvalue weighted by Gasteiger charge is 2.24. The Morgan fingerprint density at radius 3 is 2.59 bits per heavy atom. The topological polar surface area (TPSA) is 84.7 Å². The number of rotatable bonds is 5. The van der Waals surface area contributed by atoms with E-state index in [1.165, 1.54) is 6.07 Å². The molecule has 1 aliphatic heterocycles. The predicted molar refractivity (Wildman–Crippen MR) is 103 cm³/mol. The number of amides is 1. The lowest BCUT2D eigenvalue weighted by Crippen LogP contribution is -2.36. The van der Waals surface area contributed by atoms with Crippen LogP contribution in [0.5, 0.6) is 0 Å². The first-order chi connectivity index (χ1) is 13.0. The van der Waals surface area contributed by atoms with Crippen molar-refractivity contribution in [3.05, 3.63) is 69.3 Å². The molecule has 1 aliphatic rings. The van der Waals surface area contributed by atoms with Crippen molar-refractivity contribution in [2.45, 2.75) is 19.9 Å². The number of benzene rings is 2. The van der Waals surface area contributed by atoms with E-state index in [0.717, 1.165) is 11.1 Å². The summed E-state index contributed by atoms with van der Waals surface area (Å²) in [6, 6.07) is 12.3. The minimum atomic E-state index is -0.438. The van der Waals surface area contributed by atoms with Crippen LogP contribution in [0.15, 0.2) is 42.5 Å². The van der Waals surface area contributed by atoms with Crippen LogP contribution in [0, 0.1) is 17.0 Å². The third-order valence-electron chi connectivity index (χ3n) is 4.79. The van der Waals surface area contributed by atoms with Crippen LogP contribution in [-0.4, -0.2) is 37.1 Å². The van der Waals surface area contributed by atoms with Gasteiger partial charge in [0.1, 0.15) is 5.69 Å². The summed E-state index contributed by atoms with van der Waals surface area (Å²) in [6.45, 7) is 6.14. The highest BCUT2D eigenvalue weighted by atomic mass is 16.6. The molecule has 27 heavy (non-hydrogen) atoms. The SMILES string of the molecule is Cc1ccccc1C(C)NC(=O)c1ccc(N2CCOCC2)c([N+](=O)[O-])c1. The van der Waals surface area contributed by atoms with Crippen LogP contribution in [0.4, 0.5) is 11.4 Å². The number of nitro benzene ring substituents is 1. The molecule has 0 aromatic heterocycles. The van der Waals surface area contributed by atoms with Crippen molar-refractivity contribution in [3.63, 3.8) is 0 Å². The second kappa shape index (κ2) is 8.18. The number of nitrogens with one attached hydrogen (secondary N) is 1. The van der Waals surface area contributed by atoms with E-state index in [9.17, 15) is 14.9 Å². The number of anilines is 1. The highest BCUT2D eigenvalue weighted by molar-refractivity contribution is 5.96. The summed E-state index contributed by atoms with van der Waals surface area (Å²) in [7, 11) is 0. The van der Waals surface area contributed by atoms with Crippen molar-refractivity contribution in [1.82, 2.24) is 5.32 Å². The normalized spacial score (nSPS) is 15.3. The maximum absolute atomic E-state index is 12.6. The summed E-state index contributed by atoms with van der Waals surface area (Å²) in [5.74, 6) is -0.331. The van der Waals surface area contributed by atoms with Gasteiger partial charge in [0.2, 0.25) is 0 Å². The molecule has 3 rings (SSSR count). The molecule has 1 unspecified atom stereocenters. The van der Waals surface area contributed by atoms with Gasteiger partial charge in [-0.1, -0.05) is 24.3 Å². The molecule has 1 saturated heterocycles. The third-order valence-corrected chi connectivity index (χ3v) is 4.79. The number of nitro groups is 1. The molecule has 0 spiro atoms. The van der Waals surface area contributed by atoms with E-state index in [1.54, 1.807) is 12.1 Å². The van der Waals surface area contributed by atoms with Crippen LogP contribution in [0.1, 0.15) is 34.5 Å². The zero-order chi connectivity index (χ0) is 19.4. The van der Waals surface area contributed by atoms with Crippen molar-refractivity contribution >= 4 is 17.3 Å². The Labute approximate surface area is 158 Å². The van der Waals surface area contributed by atoms with E-state index in [0.29, 0.717) is 32.0 Å². The van der Waals surface area contributed by atoms with Gasteiger partial charge in [0.25, 0.3) is 11.6 Å². The zero-order valence-electron chi connectivity index (χ0n) is 15.5. The second-order valence-electron chi connectivity index (χ2n) is 6.61. The summed E-state index contributed by atoms with van der Waals surface area (Å²) in [5, 5.41) is 14.5.